The summed E-state index contributed by atoms with van der Waals surface area (Å²) in [6.07, 6.45) is 0.274. The number of carbonyl (C=O) groups is 1. The van der Waals surface area contributed by atoms with Crippen molar-refractivity contribution < 1.29 is 31.2 Å². The third kappa shape index (κ3) is 3.70. The van der Waals surface area contributed by atoms with Gasteiger partial charge in [-0.1, -0.05) is 6.07 Å². The Morgan fingerprint density at radius 1 is 1.15 bits per heavy atom. The van der Waals surface area contributed by atoms with E-state index >= 15 is 0 Å². The molecule has 1 aromatic carbocycles. The summed E-state index contributed by atoms with van der Waals surface area (Å²) in [5.74, 6) is -2.52. The lowest BCUT2D eigenvalue weighted by atomic mass is 9.95. The molecule has 3 atom stereocenters. The van der Waals surface area contributed by atoms with Crippen molar-refractivity contribution in [3.05, 3.63) is 65.7 Å². The highest BCUT2D eigenvalue weighted by molar-refractivity contribution is 6.00. The Labute approximate surface area is 184 Å². The van der Waals surface area contributed by atoms with Crippen LogP contribution in [0, 0.1) is 11.6 Å². The number of carbonyl (C=O) groups excluding carboxylic acids is 1. The van der Waals surface area contributed by atoms with Gasteiger partial charge < -0.3 is 14.6 Å². The topological polar surface area (TPSA) is 71.3 Å². The van der Waals surface area contributed by atoms with Crippen LogP contribution >= 0.6 is 0 Å². The molecule has 0 unspecified atom stereocenters. The Hall–Kier alpha value is -3.50. The second-order valence-electron chi connectivity index (χ2n) is 8.05. The minimum Gasteiger partial charge on any atom is -0.444 e. The lowest BCUT2D eigenvalue weighted by Gasteiger charge is -2.26. The molecule has 5 rings (SSSR count). The van der Waals surface area contributed by atoms with Gasteiger partial charge in [-0.25, -0.2) is 18.7 Å². The van der Waals surface area contributed by atoms with Crippen LogP contribution in [0.25, 0.3) is 11.5 Å². The third-order valence-electron chi connectivity index (χ3n) is 6.15. The molecule has 33 heavy (non-hydrogen) atoms. The van der Waals surface area contributed by atoms with Crippen LogP contribution in [-0.4, -0.2) is 38.9 Å². The average Bonchev–Trinajstić information content (AvgIpc) is 3.50. The molecule has 2 aliphatic heterocycles. The van der Waals surface area contributed by atoms with Gasteiger partial charge in [0, 0.05) is 12.2 Å². The zero-order valence-electron chi connectivity index (χ0n) is 16.9. The average molecular weight is 464 g/mol. The number of hydrogen-bond donors (Lipinski definition) is 1. The highest BCUT2D eigenvalue weighted by Gasteiger charge is 2.49. The summed E-state index contributed by atoms with van der Waals surface area (Å²) in [5.41, 5.74) is -1.13. The number of rotatable bonds is 4. The molecule has 11 heteroatoms. The minimum absolute atomic E-state index is 0.0197. The van der Waals surface area contributed by atoms with Crippen LogP contribution in [-0.2, 0) is 6.18 Å². The largest absolute Gasteiger partial charge is 0.444 e. The first-order valence-corrected chi connectivity index (χ1v) is 10.2. The molecule has 2 fully saturated rings. The van der Waals surface area contributed by atoms with Crippen molar-refractivity contribution in [1.82, 2.24) is 14.9 Å². The number of pyridine rings is 1. The lowest BCUT2D eigenvalue weighted by molar-refractivity contribution is -0.138. The summed E-state index contributed by atoms with van der Waals surface area (Å²) >= 11 is 0. The maximum atomic E-state index is 14.6. The van der Waals surface area contributed by atoms with Crippen LogP contribution in [0.5, 0.6) is 0 Å². The van der Waals surface area contributed by atoms with Gasteiger partial charge in [-0.3, -0.25) is 4.79 Å². The lowest BCUT2D eigenvalue weighted by Crippen LogP contribution is -2.40. The van der Waals surface area contributed by atoms with Crippen LogP contribution in [0.15, 0.2) is 47.3 Å². The fourth-order valence-electron chi connectivity index (χ4n) is 4.74. The number of oxazole rings is 1. The molecule has 2 aromatic heterocycles. The standard InChI is InChI=1S/C22H17F5N4O2/c23-14-3-1-2-13(18(14)20-28-6-7-33-20)21(32)31-12-4-5-17(31)16(9-12)30-19-15(24)8-11(10-29-19)22(25,26)27/h1-3,6-8,10,12,16-17H,4-5,9H2,(H,29,30)/t12-,16-,17+/m1/s1. The number of fused-ring (bicyclic) bond motifs is 2. The Bertz CT molecular complexity index is 1200. The van der Waals surface area contributed by atoms with Crippen molar-refractivity contribution in [2.24, 2.45) is 0 Å². The maximum absolute atomic E-state index is 14.6. The van der Waals surface area contributed by atoms with E-state index in [9.17, 15) is 26.7 Å². The fraction of sp³-hybridized carbons (Fsp3) is 0.318. The second kappa shape index (κ2) is 7.82. The quantitative estimate of drug-likeness (QED) is 0.557. The van der Waals surface area contributed by atoms with E-state index in [4.69, 9.17) is 4.42 Å². The van der Waals surface area contributed by atoms with Gasteiger partial charge in [0.1, 0.15) is 12.1 Å². The molecule has 1 amide bonds. The van der Waals surface area contributed by atoms with Crippen LogP contribution < -0.4 is 5.32 Å². The van der Waals surface area contributed by atoms with Gasteiger partial charge >= 0.3 is 6.18 Å². The summed E-state index contributed by atoms with van der Waals surface area (Å²) < 4.78 is 72.4. The maximum Gasteiger partial charge on any atom is 0.417 e. The minimum atomic E-state index is -4.70. The number of nitrogens with one attached hydrogen (secondary N) is 1. The third-order valence-corrected chi connectivity index (χ3v) is 6.15. The highest BCUT2D eigenvalue weighted by Crippen LogP contribution is 2.41. The van der Waals surface area contributed by atoms with Crippen LogP contribution in [0.4, 0.5) is 27.8 Å². The number of benzene rings is 1. The van der Waals surface area contributed by atoms with E-state index in [-0.39, 0.29) is 34.9 Å². The van der Waals surface area contributed by atoms with Crippen molar-refractivity contribution in [2.45, 2.75) is 43.6 Å². The van der Waals surface area contributed by atoms with E-state index in [1.54, 1.807) is 4.90 Å². The molecule has 4 heterocycles. The molecule has 0 spiro atoms. The molecule has 2 saturated heterocycles. The van der Waals surface area contributed by atoms with Crippen molar-refractivity contribution in [2.75, 3.05) is 5.32 Å². The Morgan fingerprint density at radius 3 is 2.67 bits per heavy atom. The number of alkyl halides is 3. The van der Waals surface area contributed by atoms with Crippen LogP contribution in [0.1, 0.15) is 35.2 Å². The molecule has 0 radical (unpaired) electrons. The zero-order valence-corrected chi connectivity index (χ0v) is 16.9. The van der Waals surface area contributed by atoms with E-state index < -0.39 is 35.3 Å². The van der Waals surface area contributed by atoms with Crippen molar-refractivity contribution in [3.8, 4) is 11.5 Å². The molecule has 2 bridgehead atoms. The van der Waals surface area contributed by atoms with E-state index in [2.05, 4.69) is 15.3 Å². The van der Waals surface area contributed by atoms with Crippen molar-refractivity contribution >= 4 is 11.7 Å². The van der Waals surface area contributed by atoms with E-state index in [0.29, 0.717) is 31.5 Å². The molecular formula is C22H17F5N4O2. The molecule has 1 N–H and O–H groups in total. The molecule has 0 aliphatic carbocycles. The van der Waals surface area contributed by atoms with Crippen molar-refractivity contribution in [3.63, 3.8) is 0 Å². The Balaban J connectivity index is 1.40. The van der Waals surface area contributed by atoms with Gasteiger partial charge in [0.15, 0.2) is 11.6 Å². The number of hydrogen-bond acceptors (Lipinski definition) is 5. The predicted molar refractivity (Wildman–Crippen MR) is 106 cm³/mol. The number of amides is 1. The molecular weight excluding hydrogens is 447 g/mol. The SMILES string of the molecule is O=C(c1cccc(F)c1-c1ncco1)N1[C@@H]2CC[C@H]1[C@H](Nc1ncc(C(F)(F)F)cc1F)C2. The summed E-state index contributed by atoms with van der Waals surface area (Å²) in [5, 5.41) is 2.86. The molecule has 172 valence electrons. The van der Waals surface area contributed by atoms with E-state index in [1.807, 2.05) is 0 Å². The monoisotopic (exact) mass is 464 g/mol. The highest BCUT2D eigenvalue weighted by atomic mass is 19.4. The van der Waals surface area contributed by atoms with Gasteiger partial charge in [-0.2, -0.15) is 13.2 Å². The second-order valence-corrected chi connectivity index (χ2v) is 8.05. The van der Waals surface area contributed by atoms with Gasteiger partial charge in [0.2, 0.25) is 5.89 Å². The number of halogens is 5. The molecule has 0 saturated carbocycles. The Morgan fingerprint density at radius 2 is 1.97 bits per heavy atom. The van der Waals surface area contributed by atoms with Gasteiger partial charge in [0.25, 0.3) is 5.91 Å². The number of aromatic nitrogens is 2. The summed E-state index contributed by atoms with van der Waals surface area (Å²) in [6, 6.07) is 3.56. The first-order chi connectivity index (χ1) is 15.7. The first-order valence-electron chi connectivity index (χ1n) is 10.2. The van der Waals surface area contributed by atoms with Gasteiger partial charge in [-0.15, -0.1) is 0 Å². The Kier molecular flexibility index (Phi) is 5.06. The van der Waals surface area contributed by atoms with Crippen molar-refractivity contribution in [1.29, 1.82) is 0 Å². The molecule has 3 aromatic rings. The molecule has 6 nitrogen and oxygen atoms in total. The smallest absolute Gasteiger partial charge is 0.417 e. The van der Waals surface area contributed by atoms with Gasteiger partial charge in [-0.05, 0) is 37.5 Å². The fourth-order valence-corrected chi connectivity index (χ4v) is 4.74. The molecule has 2 aliphatic rings. The van der Waals surface area contributed by atoms with E-state index in [0.717, 1.165) is 0 Å². The van der Waals surface area contributed by atoms with Gasteiger partial charge in [0.05, 0.1) is 35.0 Å². The first kappa shape index (κ1) is 21.4. The predicted octanol–water partition coefficient (Wildman–Crippen LogP) is 4.89. The zero-order chi connectivity index (χ0) is 23.3. The van der Waals surface area contributed by atoms with Crippen LogP contribution in [0.3, 0.4) is 0 Å². The normalized spacial score (nSPS) is 22.1. The number of nitrogens with zero attached hydrogens (tertiary/aromatic N) is 3. The van der Waals surface area contributed by atoms with Crippen LogP contribution in [0.2, 0.25) is 0 Å². The van der Waals surface area contributed by atoms with E-state index in [1.165, 1.54) is 30.7 Å². The summed E-state index contributed by atoms with van der Waals surface area (Å²) in [4.78, 5) is 22.6. The number of anilines is 1. The summed E-state index contributed by atoms with van der Waals surface area (Å²) in [6.45, 7) is 0. The summed E-state index contributed by atoms with van der Waals surface area (Å²) in [7, 11) is 0.